The van der Waals surface area contributed by atoms with Crippen LogP contribution in [0.5, 0.6) is 0 Å². The third kappa shape index (κ3) is 2.94. The van der Waals surface area contributed by atoms with Gasteiger partial charge in [0.25, 0.3) is 0 Å². The maximum absolute atomic E-state index is 4.94. The second-order valence-electron chi connectivity index (χ2n) is 5.80. The van der Waals surface area contributed by atoms with Gasteiger partial charge in [-0.2, -0.15) is 0 Å². The van der Waals surface area contributed by atoms with Crippen molar-refractivity contribution in [2.75, 3.05) is 6.54 Å². The molecule has 1 atom stereocenters. The molecule has 2 fully saturated rings. The SMILES string of the molecule is c1sc(C2CCCCCCC2)nc1[C@@H]1CCCN1. The summed E-state index contributed by atoms with van der Waals surface area (Å²) in [6, 6.07) is 0.545. The van der Waals surface area contributed by atoms with Crippen molar-refractivity contribution in [2.24, 2.45) is 0 Å². The predicted molar refractivity (Wildman–Crippen MR) is 77.2 cm³/mol. The molecule has 2 aliphatic rings. The molecule has 0 radical (unpaired) electrons. The van der Waals surface area contributed by atoms with Crippen LogP contribution >= 0.6 is 11.3 Å². The first kappa shape index (κ1) is 12.6. The van der Waals surface area contributed by atoms with Gasteiger partial charge < -0.3 is 5.32 Å². The van der Waals surface area contributed by atoms with E-state index in [1.165, 1.54) is 75.0 Å². The lowest BCUT2D eigenvalue weighted by Gasteiger charge is -2.17. The topological polar surface area (TPSA) is 24.9 Å². The molecule has 0 amide bonds. The molecule has 1 aliphatic carbocycles. The summed E-state index contributed by atoms with van der Waals surface area (Å²) in [6.07, 6.45) is 12.4. The van der Waals surface area contributed by atoms with Crippen LogP contribution in [0.2, 0.25) is 0 Å². The second kappa shape index (κ2) is 6.16. The van der Waals surface area contributed by atoms with Crippen molar-refractivity contribution in [1.82, 2.24) is 10.3 Å². The van der Waals surface area contributed by atoms with Crippen molar-refractivity contribution in [1.29, 1.82) is 0 Å². The standard InChI is InChI=1S/C15H24N2S/c1-2-4-7-12(8-5-3-1)15-17-14(11-18-15)13-9-6-10-16-13/h11-13,16H,1-10H2/t13-/m0/s1. The van der Waals surface area contributed by atoms with Crippen LogP contribution in [0.4, 0.5) is 0 Å². The highest BCUT2D eigenvalue weighted by molar-refractivity contribution is 7.09. The van der Waals surface area contributed by atoms with E-state index in [1.54, 1.807) is 0 Å². The molecule has 1 saturated carbocycles. The van der Waals surface area contributed by atoms with E-state index >= 15 is 0 Å². The molecule has 1 saturated heterocycles. The monoisotopic (exact) mass is 264 g/mol. The van der Waals surface area contributed by atoms with Crippen molar-refractivity contribution in [3.8, 4) is 0 Å². The average molecular weight is 264 g/mol. The summed E-state index contributed by atoms with van der Waals surface area (Å²) in [5.41, 5.74) is 1.31. The van der Waals surface area contributed by atoms with Crippen LogP contribution < -0.4 is 5.32 Å². The van der Waals surface area contributed by atoms with Crippen LogP contribution in [0.25, 0.3) is 0 Å². The van der Waals surface area contributed by atoms with Crippen molar-refractivity contribution in [2.45, 2.75) is 69.7 Å². The van der Waals surface area contributed by atoms with Gasteiger partial charge in [-0.15, -0.1) is 11.3 Å². The number of nitrogens with zero attached hydrogens (tertiary/aromatic N) is 1. The van der Waals surface area contributed by atoms with Gasteiger partial charge in [0.1, 0.15) is 0 Å². The second-order valence-corrected chi connectivity index (χ2v) is 6.69. The van der Waals surface area contributed by atoms with Gasteiger partial charge in [-0.25, -0.2) is 4.98 Å². The lowest BCUT2D eigenvalue weighted by molar-refractivity contribution is 0.453. The molecule has 3 heteroatoms. The number of thiazole rings is 1. The lowest BCUT2D eigenvalue weighted by atomic mass is 9.92. The van der Waals surface area contributed by atoms with Gasteiger partial charge in [-0.1, -0.05) is 32.1 Å². The molecule has 0 aromatic carbocycles. The van der Waals surface area contributed by atoms with Crippen molar-refractivity contribution in [3.63, 3.8) is 0 Å². The van der Waals surface area contributed by atoms with Crippen LogP contribution in [-0.2, 0) is 0 Å². The number of hydrogen-bond acceptors (Lipinski definition) is 3. The smallest absolute Gasteiger partial charge is 0.0959 e. The van der Waals surface area contributed by atoms with Crippen molar-refractivity contribution in [3.05, 3.63) is 16.1 Å². The summed E-state index contributed by atoms with van der Waals surface area (Å²) in [4.78, 5) is 4.94. The molecular weight excluding hydrogens is 240 g/mol. The molecule has 0 unspecified atom stereocenters. The molecule has 1 N–H and O–H groups in total. The maximum Gasteiger partial charge on any atom is 0.0959 e. The number of aromatic nitrogens is 1. The minimum atomic E-state index is 0.545. The molecule has 0 spiro atoms. The van der Waals surface area contributed by atoms with Gasteiger partial charge >= 0.3 is 0 Å². The Morgan fingerprint density at radius 2 is 1.78 bits per heavy atom. The first-order chi connectivity index (χ1) is 8.93. The maximum atomic E-state index is 4.94. The van der Waals surface area contributed by atoms with E-state index in [0.717, 1.165) is 5.92 Å². The molecule has 3 rings (SSSR count). The van der Waals surface area contributed by atoms with Crippen LogP contribution in [-0.4, -0.2) is 11.5 Å². The molecule has 1 aromatic rings. The largest absolute Gasteiger partial charge is 0.309 e. The zero-order valence-corrected chi connectivity index (χ0v) is 12.0. The number of rotatable bonds is 2. The van der Waals surface area contributed by atoms with Gasteiger partial charge in [0.2, 0.25) is 0 Å². The van der Waals surface area contributed by atoms with E-state index in [2.05, 4.69) is 10.7 Å². The lowest BCUT2D eigenvalue weighted by Crippen LogP contribution is -2.13. The fraction of sp³-hybridized carbons (Fsp3) is 0.800. The Bertz CT molecular complexity index is 360. The van der Waals surface area contributed by atoms with Crippen LogP contribution in [0.1, 0.15) is 80.4 Å². The average Bonchev–Trinajstić information content (AvgIpc) is 2.98. The highest BCUT2D eigenvalue weighted by Gasteiger charge is 2.22. The van der Waals surface area contributed by atoms with E-state index < -0.39 is 0 Å². The van der Waals surface area contributed by atoms with Crippen molar-refractivity contribution >= 4 is 11.3 Å². The molecule has 1 aromatic heterocycles. The summed E-state index contributed by atoms with van der Waals surface area (Å²) in [6.45, 7) is 1.17. The Balaban J connectivity index is 1.66. The third-order valence-electron chi connectivity index (χ3n) is 4.41. The molecule has 100 valence electrons. The fourth-order valence-corrected chi connectivity index (χ4v) is 4.33. The summed E-state index contributed by atoms with van der Waals surface area (Å²) in [5, 5.41) is 7.28. The van der Waals surface area contributed by atoms with Crippen LogP contribution in [0, 0.1) is 0 Å². The summed E-state index contributed by atoms with van der Waals surface area (Å²) < 4.78 is 0. The molecule has 2 nitrogen and oxygen atoms in total. The normalized spacial score (nSPS) is 27.0. The molecule has 2 heterocycles. The van der Waals surface area contributed by atoms with E-state index in [9.17, 15) is 0 Å². The minimum absolute atomic E-state index is 0.545. The summed E-state index contributed by atoms with van der Waals surface area (Å²) in [5.74, 6) is 0.755. The molecule has 1 aliphatic heterocycles. The summed E-state index contributed by atoms with van der Waals surface area (Å²) >= 11 is 1.91. The Hall–Kier alpha value is -0.410. The van der Waals surface area contributed by atoms with Gasteiger partial charge in [0.05, 0.1) is 16.7 Å². The predicted octanol–water partition coefficient (Wildman–Crippen LogP) is 4.40. The Kier molecular flexibility index (Phi) is 4.32. The molecule has 0 bridgehead atoms. The van der Waals surface area contributed by atoms with Gasteiger partial charge in [0, 0.05) is 11.3 Å². The van der Waals surface area contributed by atoms with Crippen LogP contribution in [0.3, 0.4) is 0 Å². The van der Waals surface area contributed by atoms with Gasteiger partial charge in [0.15, 0.2) is 0 Å². The quantitative estimate of drug-likeness (QED) is 0.856. The Labute approximate surface area is 114 Å². The summed E-state index contributed by atoms with van der Waals surface area (Å²) in [7, 11) is 0. The zero-order chi connectivity index (χ0) is 12.2. The molecule has 18 heavy (non-hydrogen) atoms. The fourth-order valence-electron chi connectivity index (χ4n) is 3.29. The van der Waals surface area contributed by atoms with E-state index in [4.69, 9.17) is 4.98 Å². The minimum Gasteiger partial charge on any atom is -0.309 e. The zero-order valence-electron chi connectivity index (χ0n) is 11.2. The third-order valence-corrected chi connectivity index (χ3v) is 5.44. The highest BCUT2D eigenvalue weighted by Crippen LogP contribution is 2.34. The number of nitrogens with one attached hydrogen (secondary N) is 1. The van der Waals surface area contributed by atoms with E-state index in [1.807, 2.05) is 11.3 Å². The Morgan fingerprint density at radius 3 is 2.50 bits per heavy atom. The van der Waals surface area contributed by atoms with Gasteiger partial charge in [-0.3, -0.25) is 0 Å². The van der Waals surface area contributed by atoms with Gasteiger partial charge in [-0.05, 0) is 32.2 Å². The van der Waals surface area contributed by atoms with E-state index in [0.29, 0.717) is 6.04 Å². The van der Waals surface area contributed by atoms with E-state index in [-0.39, 0.29) is 0 Å². The Morgan fingerprint density at radius 1 is 1.00 bits per heavy atom. The first-order valence-electron chi connectivity index (χ1n) is 7.62. The first-order valence-corrected chi connectivity index (χ1v) is 8.50. The molecular formula is C15H24N2S. The highest BCUT2D eigenvalue weighted by atomic mass is 32.1. The van der Waals surface area contributed by atoms with Crippen molar-refractivity contribution < 1.29 is 0 Å². The van der Waals surface area contributed by atoms with Crippen LogP contribution in [0.15, 0.2) is 5.38 Å². The number of hydrogen-bond donors (Lipinski definition) is 1.